The molecule has 9 heteroatoms. The van der Waals surface area contributed by atoms with E-state index in [1.807, 2.05) is 94.4 Å². The largest absolute Gasteiger partial charge is 0.497 e. The number of methoxy groups -OCH3 is 1. The van der Waals surface area contributed by atoms with Crippen molar-refractivity contribution in [3.8, 4) is 17.2 Å². The lowest BCUT2D eigenvalue weighted by molar-refractivity contribution is -0.116. The maximum Gasteiger partial charge on any atom is 0.266 e. The molecule has 262 valence electrons. The molecule has 8 nitrogen and oxygen atoms in total. The Morgan fingerprint density at radius 2 is 1.31 bits per heavy atom. The van der Waals surface area contributed by atoms with Crippen LogP contribution in [-0.4, -0.2) is 30.0 Å². The van der Waals surface area contributed by atoms with Crippen LogP contribution < -0.4 is 14.4 Å². The summed E-state index contributed by atoms with van der Waals surface area (Å²) >= 11 is 0.791. The minimum atomic E-state index is -0.345. The number of nitrogens with zero attached hydrogens (tertiary/aromatic N) is 1. The standard InChI is InChI=1S/C31H27NO4.C11H14O3S/c1-20-6-5-7-23(18-20)32-29(33)27-17-16-26(19-28(27)30(32)34)36-25-14-10-22(11-15-25)31(2,3)21-8-12-24(35-4)13-9-21;1-7(2)11(12)9-6-8(3)4-5-10(9)15-14-13/h5-19H,1-4H3;4-7,13H,1-3H3. The first-order valence-corrected chi connectivity index (χ1v) is 17.2. The first-order chi connectivity index (χ1) is 24.3. The second-order valence-corrected chi connectivity index (χ2v) is 13.9. The molecule has 0 aliphatic carbocycles. The highest BCUT2D eigenvalue weighted by molar-refractivity contribution is 7.94. The Morgan fingerprint density at radius 1 is 0.725 bits per heavy atom. The summed E-state index contributed by atoms with van der Waals surface area (Å²) in [5, 5.41) is 8.39. The minimum Gasteiger partial charge on any atom is -0.497 e. The fourth-order valence-corrected chi connectivity index (χ4v) is 6.25. The zero-order valence-electron chi connectivity index (χ0n) is 29.7. The number of amides is 2. The van der Waals surface area contributed by atoms with Gasteiger partial charge in [0.1, 0.15) is 17.2 Å². The predicted octanol–water partition coefficient (Wildman–Crippen LogP) is 10.3. The molecule has 1 heterocycles. The van der Waals surface area contributed by atoms with E-state index in [-0.39, 0.29) is 28.9 Å². The Bertz CT molecular complexity index is 2050. The summed E-state index contributed by atoms with van der Waals surface area (Å²) in [6, 6.07) is 33.8. The van der Waals surface area contributed by atoms with Crippen LogP contribution in [0.3, 0.4) is 0 Å². The average Bonchev–Trinajstić information content (AvgIpc) is 3.37. The summed E-state index contributed by atoms with van der Waals surface area (Å²) in [4.78, 5) is 39.7. The maximum absolute atomic E-state index is 13.1. The van der Waals surface area contributed by atoms with Gasteiger partial charge in [-0.2, -0.15) is 4.33 Å². The lowest BCUT2D eigenvalue weighted by atomic mass is 9.78. The first-order valence-electron chi connectivity index (χ1n) is 16.5. The molecule has 0 bridgehead atoms. The molecule has 1 N–H and O–H groups in total. The van der Waals surface area contributed by atoms with Crippen molar-refractivity contribution in [3.63, 3.8) is 0 Å². The maximum atomic E-state index is 13.1. The highest BCUT2D eigenvalue weighted by Gasteiger charge is 2.37. The summed E-state index contributed by atoms with van der Waals surface area (Å²) < 4.78 is 15.3. The normalized spacial score (nSPS) is 12.4. The van der Waals surface area contributed by atoms with E-state index < -0.39 is 0 Å². The quantitative estimate of drug-likeness (QED) is 0.0504. The summed E-state index contributed by atoms with van der Waals surface area (Å²) in [5.74, 6) is 1.30. The molecule has 0 unspecified atom stereocenters. The van der Waals surface area contributed by atoms with Crippen LogP contribution in [0.2, 0.25) is 0 Å². The van der Waals surface area contributed by atoms with Gasteiger partial charge in [-0.25, -0.2) is 10.2 Å². The number of imide groups is 1. The zero-order chi connectivity index (χ0) is 36.9. The SMILES string of the molecule is COc1ccc(C(C)(C)c2ccc(Oc3ccc4c(c3)C(=O)N(c3cccc(C)c3)C4=O)cc2)cc1.Cc1ccc(SOO)c(C(=O)C(C)C)c1. The third-order valence-electron chi connectivity index (χ3n) is 8.79. The summed E-state index contributed by atoms with van der Waals surface area (Å²) in [6.45, 7) is 11.9. The van der Waals surface area contributed by atoms with Crippen LogP contribution in [0, 0.1) is 19.8 Å². The van der Waals surface area contributed by atoms with Gasteiger partial charge in [-0.3, -0.25) is 14.4 Å². The summed E-state index contributed by atoms with van der Waals surface area (Å²) in [6.07, 6.45) is 0. The molecule has 5 aromatic rings. The monoisotopic (exact) mass is 703 g/mol. The second kappa shape index (κ2) is 15.8. The van der Waals surface area contributed by atoms with Crippen molar-refractivity contribution in [2.24, 2.45) is 5.92 Å². The van der Waals surface area contributed by atoms with Crippen LogP contribution in [0.4, 0.5) is 5.69 Å². The molecule has 0 radical (unpaired) electrons. The Balaban J connectivity index is 0.000000283. The van der Waals surface area contributed by atoms with Crippen LogP contribution in [0.5, 0.6) is 17.2 Å². The third-order valence-corrected chi connectivity index (χ3v) is 9.40. The number of hydrogen-bond donors (Lipinski definition) is 1. The van der Waals surface area contributed by atoms with Crippen molar-refractivity contribution in [1.82, 2.24) is 0 Å². The lowest BCUT2D eigenvalue weighted by Gasteiger charge is -2.26. The number of anilines is 1. The molecule has 6 rings (SSSR count). The molecule has 51 heavy (non-hydrogen) atoms. The van der Waals surface area contributed by atoms with Gasteiger partial charge in [0.05, 0.1) is 36.0 Å². The van der Waals surface area contributed by atoms with E-state index in [9.17, 15) is 14.4 Å². The van der Waals surface area contributed by atoms with E-state index in [0.29, 0.717) is 38.8 Å². The van der Waals surface area contributed by atoms with Gasteiger partial charge in [-0.1, -0.05) is 75.7 Å². The highest BCUT2D eigenvalue weighted by Crippen LogP contribution is 2.36. The Hall–Kier alpha value is -5.22. The number of Topliss-reactive ketones (excluding diaryl/α,β-unsaturated/α-hetero) is 1. The van der Waals surface area contributed by atoms with E-state index in [0.717, 1.165) is 34.5 Å². The second-order valence-electron chi connectivity index (χ2n) is 13.1. The molecule has 0 atom stereocenters. The molecule has 5 aromatic carbocycles. The van der Waals surface area contributed by atoms with Gasteiger partial charge in [-0.05, 0) is 97.3 Å². The van der Waals surface area contributed by atoms with E-state index in [1.54, 1.807) is 37.4 Å². The molecular weight excluding hydrogens is 663 g/mol. The van der Waals surface area contributed by atoms with Gasteiger partial charge in [0, 0.05) is 21.8 Å². The number of ketones is 1. The molecule has 0 fully saturated rings. The smallest absolute Gasteiger partial charge is 0.266 e. The van der Waals surface area contributed by atoms with Crippen LogP contribution >= 0.6 is 12.0 Å². The van der Waals surface area contributed by atoms with Gasteiger partial charge in [0.15, 0.2) is 5.78 Å². The molecule has 0 aromatic heterocycles. The fourth-order valence-electron chi connectivity index (χ4n) is 5.80. The number of benzene rings is 5. The number of ether oxygens (including phenoxy) is 2. The van der Waals surface area contributed by atoms with E-state index in [4.69, 9.17) is 14.7 Å². The topological polar surface area (TPSA) is 102 Å². The fraction of sp³-hybridized carbons (Fsp3) is 0.214. The molecule has 0 saturated carbocycles. The number of aryl methyl sites for hydroxylation is 2. The molecular formula is C42H41NO7S. The molecule has 1 aliphatic rings. The van der Waals surface area contributed by atoms with Crippen LogP contribution in [0.25, 0.3) is 0 Å². The van der Waals surface area contributed by atoms with E-state index in [2.05, 4.69) is 30.3 Å². The molecule has 0 spiro atoms. The molecule has 1 aliphatic heterocycles. The molecule has 0 saturated heterocycles. The van der Waals surface area contributed by atoms with Crippen LogP contribution in [-0.2, 0) is 9.75 Å². The summed E-state index contributed by atoms with van der Waals surface area (Å²) in [5.41, 5.74) is 6.00. The van der Waals surface area contributed by atoms with Crippen LogP contribution in [0.15, 0.2) is 114 Å². The van der Waals surface area contributed by atoms with Crippen molar-refractivity contribution in [3.05, 3.63) is 148 Å². The van der Waals surface area contributed by atoms with Gasteiger partial charge in [0.25, 0.3) is 11.8 Å². The number of carbonyl (C=O) groups is 3. The van der Waals surface area contributed by atoms with Crippen LogP contribution in [0.1, 0.15) is 81.0 Å². The van der Waals surface area contributed by atoms with Crippen molar-refractivity contribution < 1.29 is 33.4 Å². The van der Waals surface area contributed by atoms with Gasteiger partial charge >= 0.3 is 0 Å². The Kier molecular flexibility index (Phi) is 11.5. The van der Waals surface area contributed by atoms with Crippen molar-refractivity contribution >= 4 is 35.3 Å². The van der Waals surface area contributed by atoms with Crippen molar-refractivity contribution in [2.45, 2.75) is 51.9 Å². The lowest BCUT2D eigenvalue weighted by Crippen LogP contribution is -2.29. The summed E-state index contributed by atoms with van der Waals surface area (Å²) in [7, 11) is 1.66. The third kappa shape index (κ3) is 8.23. The Labute approximate surface area is 303 Å². The van der Waals surface area contributed by atoms with Gasteiger partial charge in [-0.15, -0.1) is 0 Å². The van der Waals surface area contributed by atoms with E-state index in [1.165, 1.54) is 10.5 Å². The number of hydrogen-bond acceptors (Lipinski definition) is 8. The highest BCUT2D eigenvalue weighted by atomic mass is 32.2. The van der Waals surface area contributed by atoms with E-state index >= 15 is 0 Å². The zero-order valence-corrected chi connectivity index (χ0v) is 30.5. The average molecular weight is 704 g/mol. The van der Waals surface area contributed by atoms with Gasteiger partial charge < -0.3 is 9.47 Å². The predicted molar refractivity (Wildman–Crippen MR) is 200 cm³/mol. The van der Waals surface area contributed by atoms with Gasteiger partial charge in [0.2, 0.25) is 0 Å². The van der Waals surface area contributed by atoms with Crippen molar-refractivity contribution in [2.75, 3.05) is 12.0 Å². The van der Waals surface area contributed by atoms with Crippen molar-refractivity contribution in [1.29, 1.82) is 0 Å². The molecule has 2 amide bonds. The Morgan fingerprint density at radius 3 is 1.90 bits per heavy atom. The number of rotatable bonds is 10. The minimum absolute atomic E-state index is 0.0539. The number of carbonyl (C=O) groups excluding carboxylic acids is 3. The number of fused-ring (bicyclic) bond motifs is 1. The first kappa shape index (κ1) is 37.0.